The average Bonchev–Trinajstić information content (AvgIpc) is 2.45. The van der Waals surface area contributed by atoms with Gasteiger partial charge in [-0.3, -0.25) is 14.6 Å². The van der Waals surface area contributed by atoms with E-state index < -0.39 is 0 Å². The van der Waals surface area contributed by atoms with E-state index in [1.807, 2.05) is 32.0 Å². The number of benzene rings is 1. The molecule has 0 aromatic heterocycles. The Morgan fingerprint density at radius 1 is 1.14 bits per heavy atom. The van der Waals surface area contributed by atoms with Gasteiger partial charge in [-0.05, 0) is 25.0 Å². The molecule has 0 bridgehead atoms. The number of aryl methyl sites for hydroxylation is 2. The van der Waals surface area contributed by atoms with Gasteiger partial charge in [0.25, 0.3) is 0 Å². The summed E-state index contributed by atoms with van der Waals surface area (Å²) in [5, 5.41) is 12.0. The van der Waals surface area contributed by atoms with Gasteiger partial charge in [-0.2, -0.15) is 0 Å². The topological polar surface area (TPSA) is 55.8 Å². The van der Waals surface area contributed by atoms with Gasteiger partial charge < -0.3 is 10.4 Å². The molecule has 5 nitrogen and oxygen atoms in total. The summed E-state index contributed by atoms with van der Waals surface area (Å²) in [6.07, 6.45) is 0. The Balaban J connectivity index is 1.83. The zero-order valence-corrected chi connectivity index (χ0v) is 12.9. The van der Waals surface area contributed by atoms with E-state index in [-0.39, 0.29) is 12.5 Å². The van der Waals surface area contributed by atoms with E-state index in [9.17, 15) is 4.79 Å². The monoisotopic (exact) mass is 291 g/mol. The van der Waals surface area contributed by atoms with E-state index in [2.05, 4.69) is 15.1 Å². The number of hydrogen-bond donors (Lipinski definition) is 2. The number of piperazine rings is 1. The molecule has 0 aliphatic carbocycles. The molecule has 0 radical (unpaired) electrons. The van der Waals surface area contributed by atoms with Gasteiger partial charge in [0.1, 0.15) is 0 Å². The third-order valence-corrected chi connectivity index (χ3v) is 3.99. The van der Waals surface area contributed by atoms with Gasteiger partial charge in [0.15, 0.2) is 0 Å². The maximum absolute atomic E-state index is 12.2. The molecule has 2 N–H and O–H groups in total. The van der Waals surface area contributed by atoms with E-state index in [0.29, 0.717) is 6.54 Å². The molecule has 2 rings (SSSR count). The molecule has 0 unspecified atom stereocenters. The molecule has 0 atom stereocenters. The molecular weight excluding hydrogens is 266 g/mol. The first-order valence-electron chi connectivity index (χ1n) is 7.52. The molecule has 1 amide bonds. The lowest BCUT2D eigenvalue weighted by atomic mass is 10.1. The van der Waals surface area contributed by atoms with E-state index >= 15 is 0 Å². The minimum absolute atomic E-state index is 0.0445. The van der Waals surface area contributed by atoms with Crippen LogP contribution in [0, 0.1) is 13.8 Å². The Hall–Kier alpha value is -1.43. The predicted molar refractivity (Wildman–Crippen MR) is 84.5 cm³/mol. The summed E-state index contributed by atoms with van der Waals surface area (Å²) in [5.74, 6) is 0.0445. The van der Waals surface area contributed by atoms with Crippen molar-refractivity contribution < 1.29 is 9.90 Å². The normalized spacial score (nSPS) is 16.9. The maximum Gasteiger partial charge on any atom is 0.238 e. The number of nitrogens with one attached hydrogen (secondary N) is 1. The summed E-state index contributed by atoms with van der Waals surface area (Å²) >= 11 is 0. The largest absolute Gasteiger partial charge is 0.395 e. The van der Waals surface area contributed by atoms with Gasteiger partial charge in [0.05, 0.1) is 13.2 Å². The van der Waals surface area contributed by atoms with Crippen molar-refractivity contribution in [1.82, 2.24) is 9.80 Å². The molecule has 1 aliphatic heterocycles. The van der Waals surface area contributed by atoms with Gasteiger partial charge in [0.2, 0.25) is 5.91 Å². The lowest BCUT2D eigenvalue weighted by molar-refractivity contribution is -0.117. The molecule has 5 heteroatoms. The van der Waals surface area contributed by atoms with E-state index in [1.165, 1.54) is 0 Å². The van der Waals surface area contributed by atoms with Crippen molar-refractivity contribution in [2.75, 3.05) is 51.2 Å². The highest BCUT2D eigenvalue weighted by Gasteiger charge is 2.18. The molecular formula is C16H25N3O2. The molecule has 116 valence electrons. The Morgan fingerprint density at radius 2 is 1.71 bits per heavy atom. The van der Waals surface area contributed by atoms with Gasteiger partial charge in [-0.15, -0.1) is 0 Å². The summed E-state index contributed by atoms with van der Waals surface area (Å²) in [5.41, 5.74) is 3.12. The van der Waals surface area contributed by atoms with Gasteiger partial charge in [-0.25, -0.2) is 0 Å². The molecule has 1 saturated heterocycles. The van der Waals surface area contributed by atoms with Crippen molar-refractivity contribution >= 4 is 11.6 Å². The maximum atomic E-state index is 12.2. The Labute approximate surface area is 126 Å². The Morgan fingerprint density at radius 3 is 2.29 bits per heavy atom. The van der Waals surface area contributed by atoms with Crippen molar-refractivity contribution in [3.63, 3.8) is 0 Å². The van der Waals surface area contributed by atoms with E-state index in [1.54, 1.807) is 0 Å². The van der Waals surface area contributed by atoms with Gasteiger partial charge in [0, 0.05) is 38.4 Å². The number of para-hydroxylation sites is 1. The van der Waals surface area contributed by atoms with Crippen molar-refractivity contribution in [2.24, 2.45) is 0 Å². The van der Waals surface area contributed by atoms with Crippen LogP contribution in [-0.2, 0) is 4.79 Å². The second kappa shape index (κ2) is 7.54. The number of aliphatic hydroxyl groups is 1. The minimum Gasteiger partial charge on any atom is -0.395 e. The number of aliphatic hydroxyl groups excluding tert-OH is 1. The predicted octanol–water partition coefficient (Wildman–Crippen LogP) is 0.852. The summed E-state index contributed by atoms with van der Waals surface area (Å²) in [6.45, 7) is 8.96. The number of carbonyl (C=O) groups is 1. The second-order valence-corrected chi connectivity index (χ2v) is 5.66. The number of nitrogens with zero attached hydrogens (tertiary/aromatic N) is 2. The van der Waals surface area contributed by atoms with Crippen LogP contribution in [-0.4, -0.2) is 66.7 Å². The zero-order valence-electron chi connectivity index (χ0n) is 12.9. The highest BCUT2D eigenvalue weighted by atomic mass is 16.3. The van der Waals surface area contributed by atoms with Crippen LogP contribution in [0.25, 0.3) is 0 Å². The minimum atomic E-state index is 0.0445. The number of rotatable bonds is 5. The van der Waals surface area contributed by atoms with Crippen molar-refractivity contribution in [2.45, 2.75) is 13.8 Å². The van der Waals surface area contributed by atoms with Crippen LogP contribution in [0.1, 0.15) is 11.1 Å². The molecule has 1 aromatic carbocycles. The number of β-amino-alcohol motifs (C(OH)–C–C–N with tert-alkyl or cyclic N) is 1. The fourth-order valence-corrected chi connectivity index (χ4v) is 2.71. The summed E-state index contributed by atoms with van der Waals surface area (Å²) < 4.78 is 0. The average molecular weight is 291 g/mol. The lowest BCUT2D eigenvalue weighted by Crippen LogP contribution is -2.49. The van der Waals surface area contributed by atoms with Crippen LogP contribution in [0.4, 0.5) is 5.69 Å². The number of amides is 1. The van der Waals surface area contributed by atoms with Gasteiger partial charge in [-0.1, -0.05) is 18.2 Å². The van der Waals surface area contributed by atoms with Crippen LogP contribution >= 0.6 is 0 Å². The zero-order chi connectivity index (χ0) is 15.2. The second-order valence-electron chi connectivity index (χ2n) is 5.66. The third kappa shape index (κ3) is 4.52. The molecule has 1 aliphatic rings. The number of hydrogen-bond acceptors (Lipinski definition) is 4. The van der Waals surface area contributed by atoms with Crippen molar-refractivity contribution in [3.05, 3.63) is 29.3 Å². The first-order chi connectivity index (χ1) is 10.1. The SMILES string of the molecule is Cc1cccc(C)c1NC(=O)CN1CCN(CCO)CC1. The van der Waals surface area contributed by atoms with Crippen LogP contribution in [0.15, 0.2) is 18.2 Å². The molecule has 0 spiro atoms. The Kier molecular flexibility index (Phi) is 5.73. The fourth-order valence-electron chi connectivity index (χ4n) is 2.71. The fraction of sp³-hybridized carbons (Fsp3) is 0.562. The summed E-state index contributed by atoms with van der Waals surface area (Å²) in [4.78, 5) is 16.6. The molecule has 1 heterocycles. The molecule has 1 fully saturated rings. The number of anilines is 1. The smallest absolute Gasteiger partial charge is 0.238 e. The molecule has 0 saturated carbocycles. The van der Waals surface area contributed by atoms with Crippen LogP contribution in [0.3, 0.4) is 0 Å². The lowest BCUT2D eigenvalue weighted by Gasteiger charge is -2.33. The highest BCUT2D eigenvalue weighted by molar-refractivity contribution is 5.93. The van der Waals surface area contributed by atoms with Crippen LogP contribution < -0.4 is 5.32 Å². The first kappa shape index (κ1) is 15.9. The number of carbonyl (C=O) groups excluding carboxylic acids is 1. The van der Waals surface area contributed by atoms with E-state index in [0.717, 1.165) is 49.5 Å². The highest BCUT2D eigenvalue weighted by Crippen LogP contribution is 2.19. The van der Waals surface area contributed by atoms with Crippen molar-refractivity contribution in [3.8, 4) is 0 Å². The first-order valence-corrected chi connectivity index (χ1v) is 7.52. The molecule has 21 heavy (non-hydrogen) atoms. The quantitative estimate of drug-likeness (QED) is 0.844. The van der Waals surface area contributed by atoms with E-state index in [4.69, 9.17) is 5.11 Å². The van der Waals surface area contributed by atoms with Crippen LogP contribution in [0.2, 0.25) is 0 Å². The van der Waals surface area contributed by atoms with Gasteiger partial charge >= 0.3 is 0 Å². The van der Waals surface area contributed by atoms with Crippen molar-refractivity contribution in [1.29, 1.82) is 0 Å². The summed E-state index contributed by atoms with van der Waals surface area (Å²) in [7, 11) is 0. The standard InChI is InChI=1S/C16H25N3O2/c1-13-4-3-5-14(2)16(13)17-15(21)12-19-8-6-18(7-9-19)10-11-20/h3-5,20H,6-12H2,1-2H3,(H,17,21). The molecule has 1 aromatic rings. The van der Waals surface area contributed by atoms with Crippen LogP contribution in [0.5, 0.6) is 0 Å². The third-order valence-electron chi connectivity index (χ3n) is 3.99. The Bertz CT molecular complexity index is 462. The summed E-state index contributed by atoms with van der Waals surface area (Å²) in [6, 6.07) is 6.02.